The van der Waals surface area contributed by atoms with Crippen molar-refractivity contribution in [2.45, 2.75) is 62.7 Å². The van der Waals surface area contributed by atoms with Crippen molar-refractivity contribution < 1.29 is 23.9 Å². The van der Waals surface area contributed by atoms with Gasteiger partial charge in [0.05, 0.1) is 49.1 Å². The molecule has 340 valence electrons. The number of aromatic amines is 2. The number of rotatable bonds is 11. The van der Waals surface area contributed by atoms with E-state index in [1.807, 2.05) is 125 Å². The number of H-pyrrole nitrogens is 2. The van der Waals surface area contributed by atoms with Gasteiger partial charge in [0.2, 0.25) is 17.7 Å². The predicted molar refractivity (Wildman–Crippen MR) is 252 cm³/mol. The lowest BCUT2D eigenvalue weighted by Crippen LogP contribution is -2.50. The van der Waals surface area contributed by atoms with Crippen LogP contribution in [0, 0.1) is 17.8 Å². The number of carbonyl (C=O) groups excluding carboxylic acids is 4. The fourth-order valence-corrected chi connectivity index (χ4v) is 9.33. The lowest BCUT2D eigenvalue weighted by molar-refractivity contribution is -0.138. The molecule has 4 N–H and O–H groups in total. The summed E-state index contributed by atoms with van der Waals surface area (Å²) in [7, 11) is 0. The highest BCUT2D eigenvalue weighted by Crippen LogP contribution is 2.37. The number of imidazole rings is 2. The minimum atomic E-state index is -0.829. The second kappa shape index (κ2) is 19.5. The first-order chi connectivity index (χ1) is 32.9. The van der Waals surface area contributed by atoms with Gasteiger partial charge in [-0.3, -0.25) is 14.4 Å². The van der Waals surface area contributed by atoms with Crippen LogP contribution in [0.1, 0.15) is 96.6 Å². The Morgan fingerprint density at radius 3 is 1.51 bits per heavy atom. The lowest BCUT2D eigenvalue weighted by Gasteiger charge is -2.32. The molecule has 4 fully saturated rings. The lowest BCUT2D eigenvalue weighted by atomic mass is 10.0. The fraction of sp³-hybridized carbons (Fsp3) is 0.321. The molecular formula is C53H53N9O5. The van der Waals surface area contributed by atoms with Crippen LogP contribution < -0.4 is 10.6 Å². The first-order valence-electron chi connectivity index (χ1n) is 23.3. The summed E-state index contributed by atoms with van der Waals surface area (Å²) in [4.78, 5) is 76.3. The highest BCUT2D eigenvalue weighted by Gasteiger charge is 2.40. The van der Waals surface area contributed by atoms with Crippen molar-refractivity contribution in [2.24, 2.45) is 5.92 Å². The molecule has 14 heteroatoms. The number of amides is 5. The molecule has 14 nitrogen and oxygen atoms in total. The summed E-state index contributed by atoms with van der Waals surface area (Å²) in [5.74, 6) is 7.67. The Hall–Kier alpha value is -7.50. The van der Waals surface area contributed by atoms with Gasteiger partial charge in [0, 0.05) is 43.2 Å². The Morgan fingerprint density at radius 1 is 0.582 bits per heavy atom. The molecule has 4 unspecified atom stereocenters. The molecule has 5 amide bonds. The van der Waals surface area contributed by atoms with Crippen molar-refractivity contribution in [1.29, 1.82) is 0 Å². The minimum absolute atomic E-state index is 0.00398. The molecular weight excluding hydrogens is 843 g/mol. The van der Waals surface area contributed by atoms with Crippen LogP contribution in [-0.2, 0) is 19.1 Å². The van der Waals surface area contributed by atoms with E-state index in [0.717, 1.165) is 89.1 Å². The normalized spacial score (nSPS) is 19.0. The zero-order valence-corrected chi connectivity index (χ0v) is 37.2. The monoisotopic (exact) mass is 895 g/mol. The molecule has 67 heavy (non-hydrogen) atoms. The number of urea groups is 1. The number of nitrogens with one attached hydrogen (secondary N) is 4. The zero-order chi connectivity index (χ0) is 45.7. The van der Waals surface area contributed by atoms with Gasteiger partial charge >= 0.3 is 6.03 Å². The standard InChI is InChI=1S/C53H53N9O5/c63-50(41-25-26-41)58-46(39-9-3-1-4-10-39)51(64)61-27-7-13-44(61)48-54-33-42(56-48)37-21-17-35(18-22-37)15-16-36-19-23-38(24-20-36)43-34-55-49(57-43)45-14-8-28-62(45)52(65)47(40-11-5-2-6-12-40)59-53(66)60-29-31-67-32-30-60/h1-6,9-12,17-24,33-34,41,44-47H,7-8,13-14,25-32H2,(H,54,56)(H,55,57)(H,58,63)(H,59,66). The van der Waals surface area contributed by atoms with E-state index in [-0.39, 0.29) is 41.8 Å². The summed E-state index contributed by atoms with van der Waals surface area (Å²) in [6.45, 7) is 3.08. The zero-order valence-electron chi connectivity index (χ0n) is 37.2. The maximum Gasteiger partial charge on any atom is 0.318 e. The average Bonchev–Trinajstić information content (AvgIpc) is 3.82. The van der Waals surface area contributed by atoms with Crippen LogP contribution in [0.5, 0.6) is 0 Å². The van der Waals surface area contributed by atoms with Crippen molar-refractivity contribution >= 4 is 23.8 Å². The number of nitrogens with zero attached hydrogens (tertiary/aromatic N) is 5. The van der Waals surface area contributed by atoms with Gasteiger partial charge in [-0.1, -0.05) is 96.8 Å². The van der Waals surface area contributed by atoms with Gasteiger partial charge in [-0.2, -0.15) is 0 Å². The van der Waals surface area contributed by atoms with Crippen LogP contribution in [0.15, 0.2) is 122 Å². The van der Waals surface area contributed by atoms with Crippen LogP contribution >= 0.6 is 0 Å². The molecule has 4 aromatic carbocycles. The van der Waals surface area contributed by atoms with E-state index in [4.69, 9.17) is 14.7 Å². The van der Waals surface area contributed by atoms with E-state index in [1.54, 1.807) is 11.1 Å². The summed E-state index contributed by atoms with van der Waals surface area (Å²) in [6.07, 6.45) is 8.57. The van der Waals surface area contributed by atoms with Crippen LogP contribution in [-0.4, -0.2) is 97.8 Å². The van der Waals surface area contributed by atoms with Crippen LogP contribution in [0.4, 0.5) is 4.79 Å². The number of hydrogen-bond donors (Lipinski definition) is 4. The number of carbonyl (C=O) groups is 4. The topological polar surface area (TPSA) is 169 Å². The van der Waals surface area contributed by atoms with Gasteiger partial charge in [-0.15, -0.1) is 0 Å². The quantitative estimate of drug-likeness (QED) is 0.0995. The molecule has 0 radical (unpaired) electrons. The number of hydrogen-bond acceptors (Lipinski definition) is 7. The second-order valence-electron chi connectivity index (χ2n) is 17.7. The molecule has 2 aromatic heterocycles. The average molecular weight is 896 g/mol. The Bertz CT molecular complexity index is 2770. The van der Waals surface area contributed by atoms with Gasteiger partial charge in [-0.05, 0) is 85.0 Å². The molecule has 5 heterocycles. The van der Waals surface area contributed by atoms with E-state index in [2.05, 4.69) is 32.4 Å². The number of aromatic nitrogens is 4. The molecule has 4 atom stereocenters. The third-order valence-corrected chi connectivity index (χ3v) is 13.2. The molecule has 4 aliphatic rings. The Morgan fingerprint density at radius 2 is 1.04 bits per heavy atom. The maximum atomic E-state index is 14.3. The molecule has 6 aromatic rings. The fourth-order valence-electron chi connectivity index (χ4n) is 9.33. The molecule has 0 bridgehead atoms. The number of ether oxygens (including phenoxy) is 1. The Labute approximate surface area is 389 Å². The van der Waals surface area contributed by atoms with Crippen LogP contribution in [0.3, 0.4) is 0 Å². The highest BCUT2D eigenvalue weighted by atomic mass is 16.5. The number of likely N-dealkylation sites (tertiary alicyclic amines) is 2. The first-order valence-corrected chi connectivity index (χ1v) is 23.3. The molecule has 3 aliphatic heterocycles. The van der Waals surface area contributed by atoms with E-state index in [9.17, 15) is 19.2 Å². The minimum Gasteiger partial charge on any atom is -0.378 e. The van der Waals surface area contributed by atoms with Crippen LogP contribution in [0.25, 0.3) is 22.5 Å². The van der Waals surface area contributed by atoms with E-state index < -0.39 is 12.1 Å². The summed E-state index contributed by atoms with van der Waals surface area (Å²) >= 11 is 0. The van der Waals surface area contributed by atoms with Gasteiger partial charge in [0.1, 0.15) is 23.7 Å². The summed E-state index contributed by atoms with van der Waals surface area (Å²) in [5.41, 5.74) is 6.84. The third kappa shape index (κ3) is 9.74. The van der Waals surface area contributed by atoms with Crippen molar-refractivity contribution in [3.05, 3.63) is 155 Å². The van der Waals surface area contributed by atoms with E-state index in [1.165, 1.54) is 0 Å². The summed E-state index contributed by atoms with van der Waals surface area (Å²) in [6, 6.07) is 32.6. The molecule has 1 saturated carbocycles. The number of benzene rings is 4. The molecule has 10 rings (SSSR count). The number of morpholine rings is 1. The maximum absolute atomic E-state index is 14.3. The highest BCUT2D eigenvalue weighted by molar-refractivity contribution is 5.91. The summed E-state index contributed by atoms with van der Waals surface area (Å²) < 4.78 is 5.42. The largest absolute Gasteiger partial charge is 0.378 e. The summed E-state index contributed by atoms with van der Waals surface area (Å²) in [5, 5.41) is 6.06. The molecule has 0 spiro atoms. The Kier molecular flexibility index (Phi) is 12.7. The molecule has 1 aliphatic carbocycles. The SMILES string of the molecule is O=C(NC(C(=O)N1CCCC1c1ncc(-c2ccc(C#Cc3ccc(-c4cnc(C5CCCN5C(=O)C(NC(=O)N5CCOCC5)c5ccccc5)[nH]4)cc3)cc2)[nH]1)c1ccccc1)C1CC1. The van der Waals surface area contributed by atoms with Crippen molar-refractivity contribution in [3.63, 3.8) is 0 Å². The third-order valence-electron chi connectivity index (χ3n) is 13.2. The van der Waals surface area contributed by atoms with E-state index in [0.29, 0.717) is 45.2 Å². The van der Waals surface area contributed by atoms with Crippen molar-refractivity contribution in [2.75, 3.05) is 39.4 Å². The van der Waals surface area contributed by atoms with E-state index >= 15 is 0 Å². The smallest absolute Gasteiger partial charge is 0.318 e. The van der Waals surface area contributed by atoms with Crippen molar-refractivity contribution in [1.82, 2.24) is 45.3 Å². The first kappa shape index (κ1) is 43.4. The molecule has 3 saturated heterocycles. The van der Waals surface area contributed by atoms with Crippen molar-refractivity contribution in [3.8, 4) is 34.4 Å². The predicted octanol–water partition coefficient (Wildman–Crippen LogP) is 7.24. The van der Waals surface area contributed by atoms with Gasteiger partial charge in [0.25, 0.3) is 0 Å². The Balaban J connectivity index is 0.771. The second-order valence-corrected chi connectivity index (χ2v) is 17.7. The van der Waals surface area contributed by atoms with Gasteiger partial charge < -0.3 is 40.0 Å². The van der Waals surface area contributed by atoms with Gasteiger partial charge in [-0.25, -0.2) is 14.8 Å². The van der Waals surface area contributed by atoms with Gasteiger partial charge in [0.15, 0.2) is 0 Å². The van der Waals surface area contributed by atoms with Crippen LogP contribution in [0.2, 0.25) is 0 Å².